The first-order valence-corrected chi connectivity index (χ1v) is 8.92. The van der Waals surface area contributed by atoms with Crippen LogP contribution in [0, 0.1) is 5.92 Å². The van der Waals surface area contributed by atoms with Crippen molar-refractivity contribution in [3.8, 4) is 0 Å². The number of rotatable bonds is 1. The normalized spacial score (nSPS) is 30.0. The van der Waals surface area contributed by atoms with Gasteiger partial charge in [-0.1, -0.05) is 29.9 Å². The Balaban J connectivity index is 2.23. The van der Waals surface area contributed by atoms with Crippen molar-refractivity contribution in [2.24, 2.45) is 5.92 Å². The highest BCUT2D eigenvalue weighted by Gasteiger charge is 2.36. The molecule has 25 heavy (non-hydrogen) atoms. The number of fused-ring (bicyclic) bond motifs is 1. The van der Waals surface area contributed by atoms with E-state index in [0.29, 0.717) is 12.0 Å². The van der Waals surface area contributed by atoms with Gasteiger partial charge in [0.25, 0.3) is 0 Å². The van der Waals surface area contributed by atoms with Crippen LogP contribution in [0.4, 0.5) is 0 Å². The number of carbonyl (C=O) groups excluding carboxylic acids is 2. The van der Waals surface area contributed by atoms with E-state index in [1.807, 2.05) is 19.1 Å². The van der Waals surface area contributed by atoms with Gasteiger partial charge in [0.15, 0.2) is 0 Å². The van der Waals surface area contributed by atoms with Gasteiger partial charge in [0.1, 0.15) is 6.10 Å². The minimum absolute atomic E-state index is 0.0508. The Bertz CT molecular complexity index is 636. The molecule has 0 radical (unpaired) electrons. The molecule has 4 heteroatoms. The predicted octanol–water partition coefficient (Wildman–Crippen LogP) is 4.43. The van der Waals surface area contributed by atoms with Crippen LogP contribution in [0.1, 0.15) is 52.4 Å². The number of esters is 2. The predicted molar refractivity (Wildman–Crippen MR) is 97.8 cm³/mol. The van der Waals surface area contributed by atoms with Gasteiger partial charge in [0, 0.05) is 17.1 Å². The molecule has 2 aliphatic rings. The van der Waals surface area contributed by atoms with Crippen LogP contribution in [0.25, 0.3) is 0 Å². The first-order valence-electron chi connectivity index (χ1n) is 8.92. The average Bonchev–Trinajstić information content (AvgIpc) is 2.84. The second kappa shape index (κ2) is 8.84. The molecule has 2 atom stereocenters. The largest absolute Gasteiger partial charge is 0.466 e. The minimum Gasteiger partial charge on any atom is -0.466 e. The summed E-state index contributed by atoms with van der Waals surface area (Å²) in [5.41, 5.74) is 3.73. The second-order valence-corrected chi connectivity index (χ2v) is 6.90. The molecule has 1 saturated heterocycles. The number of hydrogen-bond donors (Lipinski definition) is 0. The molecule has 1 heterocycles. The van der Waals surface area contributed by atoms with Crippen LogP contribution in [-0.2, 0) is 19.1 Å². The summed E-state index contributed by atoms with van der Waals surface area (Å²) in [6, 6.07) is 0. The quantitative estimate of drug-likeness (QED) is 0.401. The molecule has 0 bridgehead atoms. The molecular weight excluding hydrogens is 316 g/mol. The van der Waals surface area contributed by atoms with E-state index in [9.17, 15) is 9.59 Å². The van der Waals surface area contributed by atoms with Crippen molar-refractivity contribution in [1.29, 1.82) is 0 Å². The van der Waals surface area contributed by atoms with Crippen LogP contribution >= 0.6 is 0 Å². The zero-order valence-corrected chi connectivity index (χ0v) is 15.5. The lowest BCUT2D eigenvalue weighted by molar-refractivity contribution is -0.138. The molecule has 0 spiro atoms. The lowest BCUT2D eigenvalue weighted by atomic mass is 9.89. The highest BCUT2D eigenvalue weighted by Crippen LogP contribution is 2.33. The lowest BCUT2D eigenvalue weighted by Crippen LogP contribution is -2.15. The van der Waals surface area contributed by atoms with Crippen molar-refractivity contribution in [3.05, 3.63) is 47.1 Å². The Hall–Kier alpha value is -2.10. The van der Waals surface area contributed by atoms with Gasteiger partial charge in [-0.25, -0.2) is 9.59 Å². The third-order valence-electron chi connectivity index (χ3n) is 4.93. The first-order chi connectivity index (χ1) is 11.9. The number of carbonyl (C=O) groups is 2. The van der Waals surface area contributed by atoms with Gasteiger partial charge in [0.2, 0.25) is 0 Å². The van der Waals surface area contributed by atoms with E-state index in [2.05, 4.69) is 19.6 Å². The molecule has 1 aliphatic carbocycles. The third-order valence-corrected chi connectivity index (χ3v) is 4.93. The van der Waals surface area contributed by atoms with Crippen molar-refractivity contribution < 1.29 is 19.1 Å². The second-order valence-electron chi connectivity index (χ2n) is 6.90. The first kappa shape index (κ1) is 19.2. The monoisotopic (exact) mass is 344 g/mol. The van der Waals surface area contributed by atoms with Crippen LogP contribution in [0.5, 0.6) is 0 Å². The molecule has 1 fully saturated rings. The van der Waals surface area contributed by atoms with Gasteiger partial charge in [0.05, 0.1) is 7.11 Å². The van der Waals surface area contributed by atoms with Crippen molar-refractivity contribution in [1.82, 2.24) is 0 Å². The van der Waals surface area contributed by atoms with Gasteiger partial charge < -0.3 is 9.47 Å². The summed E-state index contributed by atoms with van der Waals surface area (Å²) in [4.78, 5) is 23.8. The van der Waals surface area contributed by atoms with Crippen LogP contribution < -0.4 is 0 Å². The molecule has 4 nitrogen and oxygen atoms in total. The van der Waals surface area contributed by atoms with Crippen LogP contribution in [-0.4, -0.2) is 25.2 Å². The zero-order chi connectivity index (χ0) is 18.4. The lowest BCUT2D eigenvalue weighted by Gasteiger charge is -2.16. The van der Waals surface area contributed by atoms with E-state index in [1.54, 1.807) is 0 Å². The summed E-state index contributed by atoms with van der Waals surface area (Å²) in [6.07, 6.45) is 10.8. The van der Waals surface area contributed by atoms with Crippen molar-refractivity contribution in [3.63, 3.8) is 0 Å². The zero-order valence-electron chi connectivity index (χ0n) is 15.5. The molecule has 136 valence electrons. The summed E-state index contributed by atoms with van der Waals surface area (Å²) in [6.45, 7) is 8.05. The SMILES string of the molecule is C=C1C(=O)O[C@H]2/C=C(\C)CCC=C(C(=O)OC)CC/C=C(/C)CC[C@@H]12. The van der Waals surface area contributed by atoms with E-state index in [0.717, 1.165) is 43.3 Å². The Morgan fingerprint density at radius 2 is 1.88 bits per heavy atom. The molecule has 1 aliphatic heterocycles. The fraction of sp³-hybridized carbons (Fsp3) is 0.524. The van der Waals surface area contributed by atoms with E-state index in [1.165, 1.54) is 12.7 Å². The maximum absolute atomic E-state index is 11.9. The van der Waals surface area contributed by atoms with Crippen molar-refractivity contribution in [2.45, 2.75) is 58.5 Å². The topological polar surface area (TPSA) is 52.6 Å². The molecule has 2 rings (SSSR count). The number of methoxy groups -OCH3 is 1. The highest BCUT2D eigenvalue weighted by atomic mass is 16.6. The molecule has 0 aromatic rings. The molecule has 0 aromatic carbocycles. The molecule has 0 amide bonds. The summed E-state index contributed by atoms with van der Waals surface area (Å²) in [7, 11) is 1.42. The van der Waals surface area contributed by atoms with Gasteiger partial charge in [-0.2, -0.15) is 0 Å². The fourth-order valence-corrected chi connectivity index (χ4v) is 3.34. The highest BCUT2D eigenvalue weighted by molar-refractivity contribution is 5.91. The standard InChI is InChI=1S/C21H28O4/c1-14-7-5-9-17(21(23)24-4)10-6-8-15(2)13-19-18(12-11-14)16(3)20(22)25-19/h7,10,13,18-19H,3,5-6,8-9,11-12H2,1-2,4H3/b14-7-,15-13+,17-10?/t18-,19-/m0/s1. The van der Waals surface area contributed by atoms with E-state index in [-0.39, 0.29) is 24.0 Å². The summed E-state index contributed by atoms with van der Waals surface area (Å²) in [5, 5.41) is 0. The summed E-state index contributed by atoms with van der Waals surface area (Å²) in [5.74, 6) is -0.478. The minimum atomic E-state index is -0.280. The molecule has 0 N–H and O–H groups in total. The average molecular weight is 344 g/mol. The molecular formula is C21H28O4. The number of allylic oxidation sites excluding steroid dienone is 4. The number of hydrogen-bond acceptors (Lipinski definition) is 4. The number of ether oxygens (including phenoxy) is 2. The molecule has 0 unspecified atom stereocenters. The van der Waals surface area contributed by atoms with Gasteiger partial charge in [-0.15, -0.1) is 0 Å². The van der Waals surface area contributed by atoms with Gasteiger partial charge in [-0.3, -0.25) is 0 Å². The van der Waals surface area contributed by atoms with Crippen molar-refractivity contribution in [2.75, 3.05) is 7.11 Å². The Labute approximate surface area is 150 Å². The maximum Gasteiger partial charge on any atom is 0.334 e. The van der Waals surface area contributed by atoms with Crippen molar-refractivity contribution >= 4 is 11.9 Å². The Morgan fingerprint density at radius 1 is 1.16 bits per heavy atom. The van der Waals surface area contributed by atoms with Crippen LogP contribution in [0.2, 0.25) is 0 Å². The van der Waals surface area contributed by atoms with E-state index < -0.39 is 0 Å². The smallest absolute Gasteiger partial charge is 0.334 e. The van der Waals surface area contributed by atoms with Gasteiger partial charge in [-0.05, 0) is 58.4 Å². The van der Waals surface area contributed by atoms with E-state index in [4.69, 9.17) is 9.47 Å². The van der Waals surface area contributed by atoms with E-state index >= 15 is 0 Å². The summed E-state index contributed by atoms with van der Waals surface area (Å²) < 4.78 is 10.4. The summed E-state index contributed by atoms with van der Waals surface area (Å²) >= 11 is 0. The molecule has 0 saturated carbocycles. The maximum atomic E-state index is 11.9. The third kappa shape index (κ3) is 5.18. The Kier molecular flexibility index (Phi) is 6.80. The van der Waals surface area contributed by atoms with Crippen LogP contribution in [0.15, 0.2) is 47.1 Å². The molecule has 0 aromatic heterocycles. The van der Waals surface area contributed by atoms with Gasteiger partial charge >= 0.3 is 11.9 Å². The fourth-order valence-electron chi connectivity index (χ4n) is 3.34. The van der Waals surface area contributed by atoms with Crippen LogP contribution in [0.3, 0.4) is 0 Å². The Morgan fingerprint density at radius 3 is 2.60 bits per heavy atom.